The molecule has 254 valence electrons. The van der Waals surface area contributed by atoms with E-state index in [-0.39, 0.29) is 34.8 Å². The Labute approximate surface area is 280 Å². The molecular weight excluding hydrogens is 586 g/mol. The first-order valence-corrected chi connectivity index (χ1v) is 18.7. The number of aliphatic hydroxyl groups is 2. The second kappa shape index (κ2) is 11.6. The number of piperazine rings is 1. The third-order valence-electron chi connectivity index (χ3n) is 15.1. The minimum atomic E-state index is -0.554. The second-order valence-corrected chi connectivity index (χ2v) is 17.1. The fourth-order valence-corrected chi connectivity index (χ4v) is 12.1. The van der Waals surface area contributed by atoms with Gasteiger partial charge in [-0.2, -0.15) is 0 Å². The van der Waals surface area contributed by atoms with Gasteiger partial charge in [0.05, 0.1) is 11.7 Å². The van der Waals surface area contributed by atoms with Crippen molar-refractivity contribution in [2.24, 2.45) is 34.5 Å². The number of likely N-dealkylation sites (tertiary alicyclic amines) is 1. The van der Waals surface area contributed by atoms with E-state index in [1.807, 2.05) is 46.2 Å². The lowest BCUT2D eigenvalue weighted by Gasteiger charge is -2.63. The molecule has 2 N–H and O–H groups in total. The molecule has 7 nitrogen and oxygen atoms in total. The molecule has 8 rings (SSSR count). The van der Waals surface area contributed by atoms with Crippen LogP contribution < -0.4 is 0 Å². The van der Waals surface area contributed by atoms with Gasteiger partial charge in [-0.1, -0.05) is 44.2 Å². The first kappa shape index (κ1) is 31.8. The normalized spacial score (nSPS) is 42.2. The molecule has 2 saturated heterocycles. The van der Waals surface area contributed by atoms with Crippen LogP contribution in [0.5, 0.6) is 0 Å². The summed E-state index contributed by atoms with van der Waals surface area (Å²) in [6.07, 6.45) is 10.0. The van der Waals surface area contributed by atoms with Crippen molar-refractivity contribution < 1.29 is 19.8 Å². The van der Waals surface area contributed by atoms with Crippen LogP contribution in [0.15, 0.2) is 42.5 Å². The first-order chi connectivity index (χ1) is 22.5. The Morgan fingerprint density at radius 1 is 0.830 bits per heavy atom. The van der Waals surface area contributed by atoms with E-state index < -0.39 is 11.6 Å². The van der Waals surface area contributed by atoms with Crippen LogP contribution in [0, 0.1) is 34.5 Å². The van der Waals surface area contributed by atoms with Crippen molar-refractivity contribution in [3.05, 3.63) is 48.0 Å². The molecule has 0 bridgehead atoms. The highest BCUT2D eigenvalue weighted by atomic mass is 16.3. The number of benzene rings is 2. The van der Waals surface area contributed by atoms with Crippen molar-refractivity contribution in [3.63, 3.8) is 0 Å². The molecule has 0 spiro atoms. The third-order valence-corrected chi connectivity index (χ3v) is 15.1. The summed E-state index contributed by atoms with van der Waals surface area (Å²) in [4.78, 5) is 33.8. The van der Waals surface area contributed by atoms with Crippen molar-refractivity contribution in [2.75, 3.05) is 32.7 Å². The summed E-state index contributed by atoms with van der Waals surface area (Å²) in [5.74, 6) is 2.56. The van der Waals surface area contributed by atoms with Crippen LogP contribution >= 0.6 is 0 Å². The second-order valence-electron chi connectivity index (χ2n) is 17.1. The molecule has 0 aromatic heterocycles. The molecule has 10 atom stereocenters. The number of nitrogens with zero attached hydrogens (tertiary/aromatic N) is 3. The highest BCUT2D eigenvalue weighted by molar-refractivity contribution is 6.01. The Morgan fingerprint density at radius 2 is 1.57 bits per heavy atom. The number of hydrogen-bond acceptors (Lipinski definition) is 5. The van der Waals surface area contributed by atoms with Crippen molar-refractivity contribution in [3.8, 4) is 0 Å². The molecule has 4 saturated carbocycles. The van der Waals surface area contributed by atoms with Gasteiger partial charge in [-0.3, -0.25) is 14.5 Å². The number of carbonyl (C=O) groups is 2. The average molecular weight is 642 g/mol. The Kier molecular flexibility index (Phi) is 7.81. The summed E-state index contributed by atoms with van der Waals surface area (Å²) >= 11 is 0. The molecule has 2 aromatic rings. The summed E-state index contributed by atoms with van der Waals surface area (Å²) in [6, 6.07) is 13.6. The van der Waals surface area contributed by atoms with Crippen molar-refractivity contribution in [1.82, 2.24) is 14.7 Å². The van der Waals surface area contributed by atoms with Crippen LogP contribution in [0.2, 0.25) is 0 Å². The maximum Gasteiger partial charge on any atom is 0.254 e. The van der Waals surface area contributed by atoms with Gasteiger partial charge in [-0.25, -0.2) is 0 Å². The molecule has 2 aliphatic heterocycles. The summed E-state index contributed by atoms with van der Waals surface area (Å²) in [5, 5.41) is 25.1. The molecule has 2 amide bonds. The number of carbonyl (C=O) groups excluding carboxylic acids is 2. The highest BCUT2D eigenvalue weighted by Crippen LogP contribution is 2.68. The zero-order valence-electron chi connectivity index (χ0n) is 28.7. The van der Waals surface area contributed by atoms with Gasteiger partial charge in [0.2, 0.25) is 5.91 Å². The van der Waals surface area contributed by atoms with Crippen molar-refractivity contribution in [2.45, 2.75) is 109 Å². The molecule has 2 aromatic carbocycles. The summed E-state index contributed by atoms with van der Waals surface area (Å²) in [5.41, 5.74) is 0.339. The van der Waals surface area contributed by atoms with Gasteiger partial charge in [0.1, 0.15) is 6.04 Å². The number of amides is 2. The van der Waals surface area contributed by atoms with Gasteiger partial charge in [-0.15, -0.1) is 0 Å². The zero-order chi connectivity index (χ0) is 32.7. The van der Waals surface area contributed by atoms with E-state index in [1.54, 1.807) is 0 Å². The standard InChI is InChI=1S/C40H55N3O4/c1-38-25-34(35(44)24-29(38)12-13-30-31(38)14-16-39(2)32(30)15-17-40(39,3)47)41-19-21-42(22-20-41)37(46)33-9-6-18-43(33)36(45)28-11-10-26-7-4-5-8-27(26)23-28/h4-5,7-8,10-11,23,29-35,44,47H,6,9,12-22,24-25H2,1-3H3/t29-,30+,31-,32-,33-,34-,35-,38-,39-,40-/m0/s1. The fraction of sp³-hybridized carbons (Fsp3) is 0.700. The van der Waals surface area contributed by atoms with E-state index in [2.05, 4.69) is 31.7 Å². The molecule has 6 aliphatic rings. The lowest BCUT2D eigenvalue weighted by molar-refractivity contribution is -0.168. The van der Waals surface area contributed by atoms with Crippen molar-refractivity contribution in [1.29, 1.82) is 0 Å². The highest BCUT2D eigenvalue weighted by Gasteiger charge is 2.64. The molecule has 0 unspecified atom stereocenters. The van der Waals surface area contributed by atoms with Crippen LogP contribution in [-0.4, -0.2) is 93.2 Å². The van der Waals surface area contributed by atoms with E-state index in [1.165, 1.54) is 19.3 Å². The lowest BCUT2D eigenvalue weighted by atomic mass is 9.44. The van der Waals surface area contributed by atoms with Crippen LogP contribution in [-0.2, 0) is 4.79 Å². The van der Waals surface area contributed by atoms with Gasteiger partial charge in [0.25, 0.3) is 5.91 Å². The maximum absolute atomic E-state index is 13.9. The molecule has 4 aliphatic carbocycles. The zero-order valence-corrected chi connectivity index (χ0v) is 28.7. The predicted octanol–water partition coefficient (Wildman–Crippen LogP) is 5.72. The first-order valence-electron chi connectivity index (χ1n) is 18.7. The maximum atomic E-state index is 13.9. The number of rotatable bonds is 3. The van der Waals surface area contributed by atoms with Gasteiger partial charge < -0.3 is 20.0 Å². The predicted molar refractivity (Wildman–Crippen MR) is 184 cm³/mol. The van der Waals surface area contributed by atoms with Gasteiger partial charge in [0.15, 0.2) is 0 Å². The van der Waals surface area contributed by atoms with E-state index in [0.717, 1.165) is 68.8 Å². The van der Waals surface area contributed by atoms with Crippen LogP contribution in [0.4, 0.5) is 0 Å². The van der Waals surface area contributed by atoms with E-state index in [9.17, 15) is 19.8 Å². The molecular formula is C40H55N3O4. The molecule has 6 fully saturated rings. The number of hydrogen-bond donors (Lipinski definition) is 2. The van der Waals surface area contributed by atoms with E-state index in [4.69, 9.17) is 0 Å². The van der Waals surface area contributed by atoms with Gasteiger partial charge in [0, 0.05) is 44.3 Å². The minimum Gasteiger partial charge on any atom is -0.391 e. The number of fused-ring (bicyclic) bond motifs is 6. The van der Waals surface area contributed by atoms with Crippen LogP contribution in [0.1, 0.15) is 95.3 Å². The van der Waals surface area contributed by atoms with E-state index >= 15 is 0 Å². The van der Waals surface area contributed by atoms with Gasteiger partial charge >= 0.3 is 0 Å². The monoisotopic (exact) mass is 641 g/mol. The van der Waals surface area contributed by atoms with Crippen LogP contribution in [0.3, 0.4) is 0 Å². The fourth-order valence-electron chi connectivity index (χ4n) is 12.1. The summed E-state index contributed by atoms with van der Waals surface area (Å²) in [7, 11) is 0. The number of aliphatic hydroxyl groups excluding tert-OH is 1. The topological polar surface area (TPSA) is 84.3 Å². The van der Waals surface area contributed by atoms with Crippen molar-refractivity contribution >= 4 is 22.6 Å². The lowest BCUT2D eigenvalue weighted by Crippen LogP contribution is -2.63. The van der Waals surface area contributed by atoms with E-state index in [0.29, 0.717) is 48.9 Å². The third kappa shape index (κ3) is 5.00. The average Bonchev–Trinajstić information content (AvgIpc) is 3.66. The SMILES string of the molecule is C[C@]12C[C@H](N3CCN(C(=O)[C@@H]4CCCN4C(=O)c4ccc5ccccc5c4)CC3)[C@@H](O)C[C@@H]1CC[C@@H]1[C@@H]2CC[C@@]2(C)[C@H]1CC[C@]2(C)O. The molecule has 0 radical (unpaired) electrons. The van der Waals surface area contributed by atoms with Crippen LogP contribution in [0.25, 0.3) is 10.8 Å². The molecule has 2 heterocycles. The van der Waals surface area contributed by atoms with Gasteiger partial charge in [-0.05, 0) is 129 Å². The molecule has 7 heteroatoms. The smallest absolute Gasteiger partial charge is 0.254 e. The largest absolute Gasteiger partial charge is 0.391 e. The quantitative estimate of drug-likeness (QED) is 0.448. The minimum absolute atomic E-state index is 0.0306. The Morgan fingerprint density at radius 3 is 2.36 bits per heavy atom. The Bertz CT molecular complexity index is 1530. The Hall–Kier alpha value is -2.48. The summed E-state index contributed by atoms with van der Waals surface area (Å²) in [6.45, 7) is 10.5. The Balaban J connectivity index is 0.924. The molecule has 47 heavy (non-hydrogen) atoms. The summed E-state index contributed by atoms with van der Waals surface area (Å²) < 4.78 is 0.